The van der Waals surface area contributed by atoms with Crippen LogP contribution in [0.2, 0.25) is 0 Å². The number of hydrogen-bond donors (Lipinski definition) is 0. The third-order valence-corrected chi connectivity index (χ3v) is 4.75. The Morgan fingerprint density at radius 1 is 0.909 bits per heavy atom. The number of benzene rings is 2. The second-order valence-electron chi connectivity index (χ2n) is 6.56. The van der Waals surface area contributed by atoms with Crippen LogP contribution in [-0.4, -0.2) is 6.04 Å². The number of anilines is 2. The maximum absolute atomic E-state index is 2.49. The van der Waals surface area contributed by atoms with Gasteiger partial charge in [-0.15, -0.1) is 0 Å². The quantitative estimate of drug-likeness (QED) is 0.676. The summed E-state index contributed by atoms with van der Waals surface area (Å²) in [6.07, 6.45) is 7.03. The van der Waals surface area contributed by atoms with E-state index in [0.29, 0.717) is 12.0 Å². The normalized spacial score (nSPS) is 22.3. The number of nitrogens with zero attached hydrogens (tertiary/aromatic N) is 1. The fourth-order valence-electron chi connectivity index (χ4n) is 3.74. The van der Waals surface area contributed by atoms with E-state index in [1.807, 2.05) is 0 Å². The van der Waals surface area contributed by atoms with Gasteiger partial charge in [0.2, 0.25) is 0 Å². The first-order chi connectivity index (χ1) is 10.6. The highest BCUT2D eigenvalue weighted by molar-refractivity contribution is 5.76. The molecule has 0 N–H and O–H groups in total. The second kappa shape index (κ2) is 4.88. The maximum Gasteiger partial charge on any atom is 0.0629 e. The molecule has 1 heteroatoms. The van der Waals surface area contributed by atoms with Crippen LogP contribution in [0, 0.1) is 13.8 Å². The molecule has 1 aliphatic heterocycles. The van der Waals surface area contributed by atoms with Crippen LogP contribution < -0.4 is 4.90 Å². The fraction of sp³-hybridized carbons (Fsp3) is 0.238. The Morgan fingerprint density at radius 3 is 2.55 bits per heavy atom. The molecular weight excluding hydrogens is 266 g/mol. The van der Waals surface area contributed by atoms with E-state index in [1.54, 1.807) is 0 Å². The van der Waals surface area contributed by atoms with E-state index in [1.165, 1.54) is 33.6 Å². The van der Waals surface area contributed by atoms with Gasteiger partial charge in [-0.25, -0.2) is 0 Å². The Kier molecular flexibility index (Phi) is 2.97. The molecule has 110 valence electrons. The average molecular weight is 287 g/mol. The van der Waals surface area contributed by atoms with Crippen LogP contribution in [0.1, 0.15) is 29.5 Å². The molecule has 2 aliphatic rings. The van der Waals surface area contributed by atoms with Gasteiger partial charge >= 0.3 is 0 Å². The first-order valence-corrected chi connectivity index (χ1v) is 7.96. The van der Waals surface area contributed by atoms with Gasteiger partial charge in [-0.2, -0.15) is 0 Å². The van der Waals surface area contributed by atoms with Crippen molar-refractivity contribution in [1.29, 1.82) is 0 Å². The van der Waals surface area contributed by atoms with Crippen LogP contribution in [0.15, 0.2) is 66.3 Å². The van der Waals surface area contributed by atoms with Crippen LogP contribution in [-0.2, 0) is 0 Å². The van der Waals surface area contributed by atoms with Gasteiger partial charge in [0.25, 0.3) is 0 Å². The zero-order valence-corrected chi connectivity index (χ0v) is 13.4. The van der Waals surface area contributed by atoms with Gasteiger partial charge in [0.05, 0.1) is 6.04 Å². The van der Waals surface area contributed by atoms with Gasteiger partial charge in [0, 0.05) is 17.3 Å². The third-order valence-electron chi connectivity index (χ3n) is 4.75. The molecule has 1 heterocycles. The van der Waals surface area contributed by atoms with Crippen molar-refractivity contribution in [2.45, 2.75) is 32.7 Å². The first kappa shape index (κ1) is 13.4. The molecule has 0 amide bonds. The topological polar surface area (TPSA) is 3.24 Å². The predicted molar refractivity (Wildman–Crippen MR) is 93.9 cm³/mol. The van der Waals surface area contributed by atoms with Crippen molar-refractivity contribution in [3.8, 4) is 0 Å². The molecule has 2 atom stereocenters. The lowest BCUT2D eigenvalue weighted by Crippen LogP contribution is -2.28. The Labute approximate surface area is 132 Å². The molecule has 0 bridgehead atoms. The SMILES string of the molecule is CC1=CC2c3cc(C)ccc3N(c3cccc(C)c3)C2C=C1. The molecule has 1 aliphatic carbocycles. The van der Waals surface area contributed by atoms with Gasteiger partial charge < -0.3 is 4.90 Å². The largest absolute Gasteiger partial charge is 0.333 e. The van der Waals surface area contributed by atoms with Crippen molar-refractivity contribution in [3.63, 3.8) is 0 Å². The number of rotatable bonds is 1. The molecule has 0 radical (unpaired) electrons. The molecule has 22 heavy (non-hydrogen) atoms. The molecule has 0 aromatic heterocycles. The molecule has 4 rings (SSSR count). The molecule has 2 aromatic rings. The summed E-state index contributed by atoms with van der Waals surface area (Å²) in [6, 6.07) is 16.1. The zero-order valence-electron chi connectivity index (χ0n) is 13.4. The van der Waals surface area contributed by atoms with Gasteiger partial charge in [0.1, 0.15) is 0 Å². The van der Waals surface area contributed by atoms with Crippen LogP contribution in [0.4, 0.5) is 11.4 Å². The van der Waals surface area contributed by atoms with Crippen LogP contribution in [0.5, 0.6) is 0 Å². The summed E-state index contributed by atoms with van der Waals surface area (Å²) in [5.41, 5.74) is 8.09. The van der Waals surface area contributed by atoms with Crippen molar-refractivity contribution in [3.05, 3.63) is 83.0 Å². The van der Waals surface area contributed by atoms with Crippen LogP contribution >= 0.6 is 0 Å². The van der Waals surface area contributed by atoms with Crippen molar-refractivity contribution in [2.24, 2.45) is 0 Å². The van der Waals surface area contributed by atoms with E-state index < -0.39 is 0 Å². The Morgan fingerprint density at radius 2 is 1.73 bits per heavy atom. The number of hydrogen-bond acceptors (Lipinski definition) is 1. The van der Waals surface area contributed by atoms with Crippen LogP contribution in [0.3, 0.4) is 0 Å². The molecule has 2 unspecified atom stereocenters. The van der Waals surface area contributed by atoms with E-state index in [4.69, 9.17) is 0 Å². The minimum atomic E-state index is 0.391. The summed E-state index contributed by atoms with van der Waals surface area (Å²) in [6.45, 7) is 6.53. The second-order valence-corrected chi connectivity index (χ2v) is 6.56. The Bertz CT molecular complexity index is 797. The molecule has 0 spiro atoms. The third kappa shape index (κ3) is 2.00. The summed E-state index contributed by atoms with van der Waals surface area (Å²) >= 11 is 0. The highest BCUT2D eigenvalue weighted by Crippen LogP contribution is 2.48. The van der Waals surface area contributed by atoms with Gasteiger partial charge in [-0.05, 0) is 50.1 Å². The van der Waals surface area contributed by atoms with Crippen molar-refractivity contribution >= 4 is 11.4 Å². The minimum absolute atomic E-state index is 0.391. The van der Waals surface area contributed by atoms with E-state index >= 15 is 0 Å². The molecule has 1 nitrogen and oxygen atoms in total. The summed E-state index contributed by atoms with van der Waals surface area (Å²) in [7, 11) is 0. The zero-order chi connectivity index (χ0) is 15.3. The van der Waals surface area contributed by atoms with Crippen LogP contribution in [0.25, 0.3) is 0 Å². The molecule has 0 saturated heterocycles. The van der Waals surface area contributed by atoms with Gasteiger partial charge in [0.15, 0.2) is 0 Å². The minimum Gasteiger partial charge on any atom is -0.333 e. The lowest BCUT2D eigenvalue weighted by atomic mass is 9.88. The average Bonchev–Trinajstić information content (AvgIpc) is 2.80. The van der Waals surface area contributed by atoms with Crippen molar-refractivity contribution in [2.75, 3.05) is 4.90 Å². The molecular formula is C21H21N. The van der Waals surface area contributed by atoms with Gasteiger partial charge in [-0.3, -0.25) is 0 Å². The highest BCUT2D eigenvalue weighted by atomic mass is 15.2. The summed E-state index contributed by atoms with van der Waals surface area (Å²) in [5, 5.41) is 0. The highest BCUT2D eigenvalue weighted by Gasteiger charge is 2.37. The molecule has 2 aromatic carbocycles. The van der Waals surface area contributed by atoms with E-state index in [2.05, 4.69) is 86.4 Å². The summed E-state index contributed by atoms with van der Waals surface area (Å²) in [5.74, 6) is 0.459. The lowest BCUT2D eigenvalue weighted by molar-refractivity contribution is 0.738. The predicted octanol–water partition coefficient (Wildman–Crippen LogP) is 5.42. The lowest BCUT2D eigenvalue weighted by Gasteiger charge is -2.29. The monoisotopic (exact) mass is 287 g/mol. The Balaban J connectivity index is 1.91. The Hall–Kier alpha value is -2.28. The first-order valence-electron chi connectivity index (χ1n) is 7.96. The summed E-state index contributed by atoms with van der Waals surface area (Å²) < 4.78 is 0. The number of aryl methyl sites for hydroxylation is 2. The van der Waals surface area contributed by atoms with Crippen molar-refractivity contribution < 1.29 is 0 Å². The fourth-order valence-corrected chi connectivity index (χ4v) is 3.74. The molecule has 0 saturated carbocycles. The number of allylic oxidation sites excluding steroid dienone is 2. The van der Waals surface area contributed by atoms with Gasteiger partial charge in [-0.1, -0.05) is 53.6 Å². The molecule has 0 fully saturated rings. The maximum atomic E-state index is 2.49. The standard InChI is InChI=1S/C21H21N/c1-14-5-4-6-17(11-14)22-20-9-7-15(2)12-18(20)19-13-16(3)8-10-21(19)22/h4-13,18,20H,1-3H3. The van der Waals surface area contributed by atoms with E-state index in [0.717, 1.165) is 0 Å². The smallest absolute Gasteiger partial charge is 0.0629 e. The number of fused-ring (bicyclic) bond motifs is 3. The van der Waals surface area contributed by atoms with Crippen molar-refractivity contribution in [1.82, 2.24) is 0 Å². The summed E-state index contributed by atoms with van der Waals surface area (Å²) in [4.78, 5) is 2.49. The van der Waals surface area contributed by atoms with E-state index in [-0.39, 0.29) is 0 Å². The van der Waals surface area contributed by atoms with E-state index in [9.17, 15) is 0 Å².